The molecular weight excluding hydrogens is 314 g/mol. The van der Waals surface area contributed by atoms with Crippen molar-refractivity contribution in [1.82, 2.24) is 14.8 Å². The van der Waals surface area contributed by atoms with Crippen LogP contribution in [0.2, 0.25) is 0 Å². The number of rotatable bonds is 4. The molecule has 4 rings (SSSR count). The van der Waals surface area contributed by atoms with Gasteiger partial charge in [0.15, 0.2) is 5.58 Å². The number of aromatic amines is 1. The van der Waals surface area contributed by atoms with Crippen LogP contribution in [0.4, 0.5) is 0 Å². The van der Waals surface area contributed by atoms with Crippen LogP contribution >= 0.6 is 0 Å². The van der Waals surface area contributed by atoms with E-state index in [1.54, 1.807) is 12.3 Å². The lowest BCUT2D eigenvalue weighted by atomic mass is 10.2. The Balaban J connectivity index is 1.30. The summed E-state index contributed by atoms with van der Waals surface area (Å²) in [5.74, 6) is 0.0471. The maximum Gasteiger partial charge on any atom is 0.270 e. The highest BCUT2D eigenvalue weighted by molar-refractivity contribution is 5.96. The van der Waals surface area contributed by atoms with Gasteiger partial charge in [0.25, 0.3) is 5.91 Å². The second-order valence-electron chi connectivity index (χ2n) is 6.29. The highest BCUT2D eigenvalue weighted by Gasteiger charge is 2.23. The fourth-order valence-corrected chi connectivity index (χ4v) is 3.17. The van der Waals surface area contributed by atoms with Gasteiger partial charge in [0, 0.05) is 44.9 Å². The zero-order valence-corrected chi connectivity index (χ0v) is 14.0. The van der Waals surface area contributed by atoms with Crippen LogP contribution < -0.4 is 0 Å². The Morgan fingerprint density at radius 3 is 2.68 bits per heavy atom. The summed E-state index contributed by atoms with van der Waals surface area (Å²) in [6.07, 6.45) is 5.95. The van der Waals surface area contributed by atoms with Gasteiger partial charge in [-0.25, -0.2) is 0 Å². The molecule has 1 saturated heterocycles. The number of H-pyrrole nitrogens is 1. The second kappa shape index (κ2) is 6.99. The molecule has 0 atom stereocenters. The molecule has 0 bridgehead atoms. The van der Waals surface area contributed by atoms with E-state index in [1.807, 2.05) is 29.2 Å². The SMILES string of the molecule is O=C(c1cc2occc2[nH]1)N1CCN(C/C=C/c2ccccc2)CC1. The van der Waals surface area contributed by atoms with E-state index in [-0.39, 0.29) is 5.91 Å². The van der Waals surface area contributed by atoms with Gasteiger partial charge in [-0.1, -0.05) is 42.5 Å². The van der Waals surface area contributed by atoms with Crippen LogP contribution in [0.15, 0.2) is 59.2 Å². The highest BCUT2D eigenvalue weighted by atomic mass is 16.3. The van der Waals surface area contributed by atoms with Crippen LogP contribution in [0.25, 0.3) is 17.2 Å². The molecule has 25 heavy (non-hydrogen) atoms. The van der Waals surface area contributed by atoms with Crippen LogP contribution in [0.1, 0.15) is 16.1 Å². The highest BCUT2D eigenvalue weighted by Crippen LogP contribution is 2.18. The minimum absolute atomic E-state index is 0.0471. The topological polar surface area (TPSA) is 52.5 Å². The molecule has 3 heterocycles. The van der Waals surface area contributed by atoms with E-state index in [9.17, 15) is 4.79 Å². The zero-order chi connectivity index (χ0) is 17.1. The predicted octanol–water partition coefficient (Wildman–Crippen LogP) is 3.23. The van der Waals surface area contributed by atoms with Gasteiger partial charge in [0.2, 0.25) is 0 Å². The van der Waals surface area contributed by atoms with Gasteiger partial charge in [0.05, 0.1) is 11.8 Å². The number of carbonyl (C=O) groups excluding carboxylic acids is 1. The molecule has 0 spiro atoms. The summed E-state index contributed by atoms with van der Waals surface area (Å²) >= 11 is 0. The third kappa shape index (κ3) is 3.51. The predicted molar refractivity (Wildman–Crippen MR) is 98.4 cm³/mol. The standard InChI is InChI=1S/C20H21N3O2/c24-20(18-15-19-17(21-18)8-14-25-19)23-12-10-22(11-13-23)9-4-7-16-5-2-1-3-6-16/h1-8,14-15,21H,9-13H2/b7-4+. The van der Waals surface area contributed by atoms with Gasteiger partial charge in [-0.15, -0.1) is 0 Å². The molecule has 1 fully saturated rings. The molecule has 1 amide bonds. The summed E-state index contributed by atoms with van der Waals surface area (Å²) in [6, 6.07) is 13.9. The Labute approximate surface area is 146 Å². The first kappa shape index (κ1) is 15.7. The first-order valence-corrected chi connectivity index (χ1v) is 8.59. The number of benzene rings is 1. The molecule has 1 N–H and O–H groups in total. The number of hydrogen-bond donors (Lipinski definition) is 1. The summed E-state index contributed by atoms with van der Waals surface area (Å²) < 4.78 is 5.32. The Kier molecular flexibility index (Phi) is 4.39. The largest absolute Gasteiger partial charge is 0.463 e. The van der Waals surface area contributed by atoms with Gasteiger partial charge < -0.3 is 14.3 Å². The Morgan fingerprint density at radius 2 is 1.92 bits per heavy atom. The van der Waals surface area contributed by atoms with Crippen molar-refractivity contribution < 1.29 is 9.21 Å². The monoisotopic (exact) mass is 335 g/mol. The number of amides is 1. The van der Waals surface area contributed by atoms with Crippen molar-refractivity contribution in [2.75, 3.05) is 32.7 Å². The fraction of sp³-hybridized carbons (Fsp3) is 0.250. The zero-order valence-electron chi connectivity index (χ0n) is 14.0. The molecular formula is C20H21N3O2. The quantitative estimate of drug-likeness (QED) is 0.796. The number of aromatic nitrogens is 1. The van der Waals surface area contributed by atoms with Crippen LogP contribution in [0, 0.1) is 0 Å². The van der Waals surface area contributed by atoms with Crippen LogP contribution in [0.5, 0.6) is 0 Å². The number of carbonyl (C=O) groups is 1. The van der Waals surface area contributed by atoms with Gasteiger partial charge in [0.1, 0.15) is 5.69 Å². The molecule has 0 radical (unpaired) electrons. The number of nitrogens with one attached hydrogen (secondary N) is 1. The molecule has 0 unspecified atom stereocenters. The van der Waals surface area contributed by atoms with Crippen molar-refractivity contribution in [2.24, 2.45) is 0 Å². The molecule has 1 aromatic carbocycles. The number of furan rings is 1. The molecule has 5 nitrogen and oxygen atoms in total. The second-order valence-corrected chi connectivity index (χ2v) is 6.29. The number of hydrogen-bond acceptors (Lipinski definition) is 3. The first-order chi connectivity index (χ1) is 12.3. The van der Waals surface area contributed by atoms with Gasteiger partial charge >= 0.3 is 0 Å². The number of nitrogens with zero attached hydrogens (tertiary/aromatic N) is 2. The lowest BCUT2D eigenvalue weighted by molar-refractivity contribution is 0.0645. The van der Waals surface area contributed by atoms with Crippen molar-refractivity contribution >= 4 is 23.1 Å². The summed E-state index contributed by atoms with van der Waals surface area (Å²) in [4.78, 5) is 20.0. The molecule has 1 aliphatic rings. The van der Waals surface area contributed by atoms with E-state index in [2.05, 4.69) is 34.2 Å². The number of fused-ring (bicyclic) bond motifs is 1. The smallest absolute Gasteiger partial charge is 0.270 e. The maximum absolute atomic E-state index is 12.6. The van der Waals surface area contributed by atoms with Crippen molar-refractivity contribution in [2.45, 2.75) is 0 Å². The van der Waals surface area contributed by atoms with Gasteiger partial charge in [-0.3, -0.25) is 9.69 Å². The van der Waals surface area contributed by atoms with Crippen molar-refractivity contribution in [3.8, 4) is 0 Å². The molecule has 128 valence electrons. The summed E-state index contributed by atoms with van der Waals surface area (Å²) in [7, 11) is 0. The van der Waals surface area contributed by atoms with Crippen molar-refractivity contribution in [3.63, 3.8) is 0 Å². The third-order valence-electron chi connectivity index (χ3n) is 4.60. The lowest BCUT2D eigenvalue weighted by Gasteiger charge is -2.33. The average Bonchev–Trinajstić information content (AvgIpc) is 3.25. The van der Waals surface area contributed by atoms with E-state index < -0.39 is 0 Å². The van der Waals surface area contributed by atoms with Crippen LogP contribution in [-0.2, 0) is 0 Å². The van der Waals surface area contributed by atoms with E-state index in [1.165, 1.54) is 5.56 Å². The first-order valence-electron chi connectivity index (χ1n) is 8.59. The van der Waals surface area contributed by atoms with Crippen LogP contribution in [0.3, 0.4) is 0 Å². The normalized spacial score (nSPS) is 16.1. The van der Waals surface area contributed by atoms with Gasteiger partial charge in [-0.2, -0.15) is 0 Å². The Bertz CT molecular complexity index is 842. The molecule has 2 aromatic heterocycles. The van der Waals surface area contributed by atoms with E-state index in [0.717, 1.165) is 43.8 Å². The molecule has 3 aromatic rings. The van der Waals surface area contributed by atoms with Crippen molar-refractivity contribution in [3.05, 3.63) is 66.1 Å². The summed E-state index contributed by atoms with van der Waals surface area (Å²) in [5.41, 5.74) is 3.42. The van der Waals surface area contributed by atoms with E-state index in [4.69, 9.17) is 4.42 Å². The van der Waals surface area contributed by atoms with Crippen molar-refractivity contribution in [1.29, 1.82) is 0 Å². The van der Waals surface area contributed by atoms with Crippen LogP contribution in [-0.4, -0.2) is 53.4 Å². The maximum atomic E-state index is 12.6. The summed E-state index contributed by atoms with van der Waals surface area (Å²) in [6.45, 7) is 4.19. The average molecular weight is 335 g/mol. The Morgan fingerprint density at radius 1 is 1.12 bits per heavy atom. The van der Waals surface area contributed by atoms with Gasteiger partial charge in [-0.05, 0) is 5.56 Å². The third-order valence-corrected chi connectivity index (χ3v) is 4.60. The number of piperazine rings is 1. The molecule has 1 aliphatic heterocycles. The molecule has 0 saturated carbocycles. The molecule has 0 aliphatic carbocycles. The minimum atomic E-state index is 0.0471. The van der Waals surface area contributed by atoms with E-state index >= 15 is 0 Å². The lowest BCUT2D eigenvalue weighted by Crippen LogP contribution is -2.48. The Hall–Kier alpha value is -2.79. The summed E-state index contributed by atoms with van der Waals surface area (Å²) in [5, 5.41) is 0. The molecule has 5 heteroatoms. The van der Waals surface area contributed by atoms with E-state index in [0.29, 0.717) is 5.69 Å². The minimum Gasteiger partial charge on any atom is -0.463 e. The fourth-order valence-electron chi connectivity index (χ4n) is 3.17.